The zero-order valence-corrected chi connectivity index (χ0v) is 12.1. The molecule has 2 aromatic rings. The van der Waals surface area contributed by atoms with Crippen LogP contribution in [-0.2, 0) is 0 Å². The maximum atomic E-state index is 14.0. The average molecular weight is 309 g/mol. The molecule has 3 nitrogen and oxygen atoms in total. The van der Waals surface area contributed by atoms with Crippen molar-refractivity contribution in [2.75, 3.05) is 7.11 Å². The summed E-state index contributed by atoms with van der Waals surface area (Å²) < 4.78 is 25.0. The van der Waals surface area contributed by atoms with Crippen LogP contribution in [0.25, 0.3) is 0 Å². The third-order valence-electron chi connectivity index (χ3n) is 3.60. The Morgan fingerprint density at radius 1 is 1.24 bits per heavy atom. The summed E-state index contributed by atoms with van der Waals surface area (Å²) in [5, 5.41) is 10.6. The van der Waals surface area contributed by atoms with Gasteiger partial charge in [0.2, 0.25) is 0 Å². The number of aliphatic hydroxyl groups excluding tert-OH is 1. The van der Waals surface area contributed by atoms with Gasteiger partial charge in [-0.3, -0.25) is 0 Å². The molecule has 2 aromatic carbocycles. The van der Waals surface area contributed by atoms with E-state index in [0.29, 0.717) is 27.6 Å². The molecule has 1 N–H and O–H groups in total. The van der Waals surface area contributed by atoms with Gasteiger partial charge in [-0.15, -0.1) is 0 Å². The van der Waals surface area contributed by atoms with Crippen LogP contribution in [0.3, 0.4) is 0 Å². The first-order chi connectivity index (χ1) is 10.1. The van der Waals surface area contributed by atoms with Gasteiger partial charge in [-0.2, -0.15) is 0 Å². The van der Waals surface area contributed by atoms with E-state index in [9.17, 15) is 9.50 Å². The zero-order valence-electron chi connectivity index (χ0n) is 11.3. The summed E-state index contributed by atoms with van der Waals surface area (Å²) in [6.45, 7) is 0. The SMILES string of the molecule is COc1ccc2c(c1)OC(c1ccc(Cl)cc1F)CC2O. The third kappa shape index (κ3) is 2.69. The number of rotatable bonds is 2. The molecule has 0 amide bonds. The summed E-state index contributed by atoms with van der Waals surface area (Å²) in [6.07, 6.45) is -0.977. The van der Waals surface area contributed by atoms with Crippen LogP contribution in [0.5, 0.6) is 11.5 Å². The largest absolute Gasteiger partial charge is 0.497 e. The van der Waals surface area contributed by atoms with Gasteiger partial charge in [-0.25, -0.2) is 4.39 Å². The predicted molar refractivity (Wildman–Crippen MR) is 77.3 cm³/mol. The number of hydrogen-bond donors (Lipinski definition) is 1. The molecular formula is C16H14ClFO3. The second-order valence-electron chi connectivity index (χ2n) is 4.93. The van der Waals surface area contributed by atoms with Crippen molar-refractivity contribution in [2.24, 2.45) is 0 Å². The summed E-state index contributed by atoms with van der Waals surface area (Å²) in [6, 6.07) is 9.64. The summed E-state index contributed by atoms with van der Waals surface area (Å²) in [7, 11) is 1.55. The molecule has 5 heteroatoms. The smallest absolute Gasteiger partial charge is 0.131 e. The minimum Gasteiger partial charge on any atom is -0.497 e. The zero-order chi connectivity index (χ0) is 15.0. The van der Waals surface area contributed by atoms with Gasteiger partial charge in [0.1, 0.15) is 23.4 Å². The Labute approximate surface area is 126 Å². The van der Waals surface area contributed by atoms with Gasteiger partial charge in [-0.1, -0.05) is 17.7 Å². The molecule has 2 unspecified atom stereocenters. The second-order valence-corrected chi connectivity index (χ2v) is 5.36. The molecule has 110 valence electrons. The lowest BCUT2D eigenvalue weighted by molar-refractivity contribution is 0.0638. The van der Waals surface area contributed by atoms with Gasteiger partial charge in [0.25, 0.3) is 0 Å². The van der Waals surface area contributed by atoms with E-state index in [1.165, 1.54) is 6.07 Å². The van der Waals surface area contributed by atoms with E-state index in [2.05, 4.69) is 0 Å². The molecule has 0 radical (unpaired) electrons. The van der Waals surface area contributed by atoms with E-state index in [0.717, 1.165) is 0 Å². The Hall–Kier alpha value is -1.78. The Morgan fingerprint density at radius 2 is 2.00 bits per heavy atom. The Balaban J connectivity index is 1.96. The van der Waals surface area contributed by atoms with Gasteiger partial charge >= 0.3 is 0 Å². The lowest BCUT2D eigenvalue weighted by Gasteiger charge is -2.30. The molecule has 21 heavy (non-hydrogen) atoms. The fraction of sp³-hybridized carbons (Fsp3) is 0.250. The molecule has 0 bridgehead atoms. The Kier molecular flexibility index (Phi) is 3.74. The lowest BCUT2D eigenvalue weighted by Crippen LogP contribution is -2.20. The van der Waals surface area contributed by atoms with E-state index < -0.39 is 18.0 Å². The second kappa shape index (κ2) is 5.54. The van der Waals surface area contributed by atoms with E-state index in [1.54, 1.807) is 37.4 Å². The first-order valence-electron chi connectivity index (χ1n) is 6.56. The van der Waals surface area contributed by atoms with Crippen LogP contribution in [0.2, 0.25) is 5.02 Å². The van der Waals surface area contributed by atoms with Crippen LogP contribution in [0.1, 0.15) is 29.8 Å². The first kappa shape index (κ1) is 14.2. The number of halogens is 2. The highest BCUT2D eigenvalue weighted by Crippen LogP contribution is 2.42. The number of ether oxygens (including phenoxy) is 2. The Morgan fingerprint density at radius 3 is 2.71 bits per heavy atom. The lowest BCUT2D eigenvalue weighted by atomic mass is 9.94. The maximum Gasteiger partial charge on any atom is 0.131 e. The van der Waals surface area contributed by atoms with Crippen LogP contribution in [0.4, 0.5) is 4.39 Å². The molecule has 2 atom stereocenters. The van der Waals surface area contributed by atoms with Crippen molar-refractivity contribution in [1.29, 1.82) is 0 Å². The van der Waals surface area contributed by atoms with Crippen molar-refractivity contribution in [3.05, 3.63) is 58.4 Å². The standard InChI is InChI=1S/C16H14ClFO3/c1-20-10-3-5-12-14(19)8-16(21-15(12)7-10)11-4-2-9(17)6-13(11)18/h2-7,14,16,19H,8H2,1H3. The average Bonchev–Trinajstić information content (AvgIpc) is 2.46. The van der Waals surface area contributed by atoms with Gasteiger partial charge in [0, 0.05) is 28.6 Å². The molecular weight excluding hydrogens is 295 g/mol. The Bertz CT molecular complexity index is 675. The minimum atomic E-state index is -0.709. The van der Waals surface area contributed by atoms with Crippen molar-refractivity contribution in [2.45, 2.75) is 18.6 Å². The summed E-state index contributed by atoms with van der Waals surface area (Å²) in [5.41, 5.74) is 1.06. The monoisotopic (exact) mass is 308 g/mol. The number of aliphatic hydroxyl groups is 1. The minimum absolute atomic E-state index is 0.290. The highest BCUT2D eigenvalue weighted by atomic mass is 35.5. The fourth-order valence-corrected chi connectivity index (χ4v) is 2.66. The van der Waals surface area contributed by atoms with Crippen LogP contribution in [0, 0.1) is 5.82 Å². The number of benzene rings is 2. The molecule has 1 aliphatic heterocycles. The van der Waals surface area contributed by atoms with Crippen LogP contribution < -0.4 is 9.47 Å². The van der Waals surface area contributed by atoms with Crippen molar-refractivity contribution < 1.29 is 19.0 Å². The topological polar surface area (TPSA) is 38.7 Å². The van der Waals surface area contributed by atoms with Gasteiger partial charge in [0.05, 0.1) is 13.2 Å². The van der Waals surface area contributed by atoms with Gasteiger partial charge in [-0.05, 0) is 24.3 Å². The number of methoxy groups -OCH3 is 1. The molecule has 3 rings (SSSR count). The van der Waals surface area contributed by atoms with E-state index >= 15 is 0 Å². The highest BCUT2D eigenvalue weighted by molar-refractivity contribution is 6.30. The first-order valence-corrected chi connectivity index (χ1v) is 6.94. The molecule has 1 aliphatic rings. The quantitative estimate of drug-likeness (QED) is 0.910. The molecule has 0 spiro atoms. The van der Waals surface area contributed by atoms with E-state index in [1.807, 2.05) is 0 Å². The van der Waals surface area contributed by atoms with Gasteiger partial charge < -0.3 is 14.6 Å². The third-order valence-corrected chi connectivity index (χ3v) is 3.83. The molecule has 0 aliphatic carbocycles. The maximum absolute atomic E-state index is 14.0. The highest BCUT2D eigenvalue weighted by Gasteiger charge is 2.30. The van der Waals surface area contributed by atoms with Crippen molar-refractivity contribution in [3.8, 4) is 11.5 Å². The fourth-order valence-electron chi connectivity index (χ4n) is 2.50. The summed E-state index contributed by atoms with van der Waals surface area (Å²) in [5.74, 6) is 0.691. The molecule has 0 saturated heterocycles. The van der Waals surface area contributed by atoms with Crippen LogP contribution in [0.15, 0.2) is 36.4 Å². The predicted octanol–water partition coefficient (Wildman–Crippen LogP) is 4.04. The summed E-state index contributed by atoms with van der Waals surface area (Å²) in [4.78, 5) is 0. The van der Waals surface area contributed by atoms with Crippen molar-refractivity contribution in [1.82, 2.24) is 0 Å². The van der Waals surface area contributed by atoms with Crippen molar-refractivity contribution in [3.63, 3.8) is 0 Å². The van der Waals surface area contributed by atoms with Crippen molar-refractivity contribution >= 4 is 11.6 Å². The molecule has 0 fully saturated rings. The van der Waals surface area contributed by atoms with Gasteiger partial charge in [0.15, 0.2) is 0 Å². The normalized spacial score (nSPS) is 20.6. The molecule has 0 saturated carbocycles. The molecule has 1 heterocycles. The number of fused-ring (bicyclic) bond motifs is 1. The molecule has 0 aromatic heterocycles. The summed E-state index contributed by atoms with van der Waals surface area (Å²) >= 11 is 5.76. The van der Waals surface area contributed by atoms with Crippen LogP contribution >= 0.6 is 11.6 Å². The van der Waals surface area contributed by atoms with E-state index in [-0.39, 0.29) is 6.42 Å². The van der Waals surface area contributed by atoms with E-state index in [4.69, 9.17) is 21.1 Å². The number of hydrogen-bond acceptors (Lipinski definition) is 3. The van der Waals surface area contributed by atoms with Crippen LogP contribution in [-0.4, -0.2) is 12.2 Å².